The van der Waals surface area contributed by atoms with Crippen molar-refractivity contribution in [1.29, 1.82) is 0 Å². The highest BCUT2D eigenvalue weighted by Crippen LogP contribution is 2.21. The molecule has 6 nitrogen and oxygen atoms in total. The summed E-state index contributed by atoms with van der Waals surface area (Å²) in [5.74, 6) is 1.20. The first-order valence-electron chi connectivity index (χ1n) is 8.21. The Morgan fingerprint density at radius 1 is 1.00 bits per heavy atom. The molecule has 21 heavy (non-hydrogen) atoms. The Hall–Kier alpha value is -1.59. The average molecular weight is 293 g/mol. The first-order chi connectivity index (χ1) is 10.3. The first-order valence-corrected chi connectivity index (χ1v) is 8.21. The SMILES string of the molecule is CCCOc1nc(NCC)nc(NC2CCCCCC2)n1. The van der Waals surface area contributed by atoms with E-state index < -0.39 is 0 Å². The van der Waals surface area contributed by atoms with E-state index in [2.05, 4.69) is 32.5 Å². The molecule has 1 aromatic heterocycles. The van der Waals surface area contributed by atoms with Gasteiger partial charge < -0.3 is 15.4 Å². The second-order valence-corrected chi connectivity index (χ2v) is 5.48. The average Bonchev–Trinajstić information content (AvgIpc) is 2.74. The highest BCUT2D eigenvalue weighted by molar-refractivity contribution is 5.36. The molecule has 1 aromatic rings. The molecule has 6 heteroatoms. The normalized spacial score (nSPS) is 16.3. The second-order valence-electron chi connectivity index (χ2n) is 5.48. The van der Waals surface area contributed by atoms with Crippen LogP contribution < -0.4 is 15.4 Å². The Morgan fingerprint density at radius 3 is 2.38 bits per heavy atom. The van der Waals surface area contributed by atoms with Gasteiger partial charge in [-0.25, -0.2) is 0 Å². The zero-order valence-corrected chi connectivity index (χ0v) is 13.2. The van der Waals surface area contributed by atoms with E-state index in [0.717, 1.165) is 13.0 Å². The van der Waals surface area contributed by atoms with Crippen LogP contribution in [0.25, 0.3) is 0 Å². The Morgan fingerprint density at radius 2 is 1.71 bits per heavy atom. The molecule has 1 fully saturated rings. The molecule has 0 aliphatic heterocycles. The summed E-state index contributed by atoms with van der Waals surface area (Å²) in [6, 6.07) is 0.863. The lowest BCUT2D eigenvalue weighted by molar-refractivity contribution is 0.292. The summed E-state index contributed by atoms with van der Waals surface area (Å²) in [6.45, 7) is 5.49. The Balaban J connectivity index is 2.06. The summed E-state index contributed by atoms with van der Waals surface area (Å²) in [5.41, 5.74) is 0. The molecule has 0 radical (unpaired) electrons. The van der Waals surface area contributed by atoms with Gasteiger partial charge in [-0.15, -0.1) is 0 Å². The van der Waals surface area contributed by atoms with E-state index in [9.17, 15) is 0 Å². The van der Waals surface area contributed by atoms with Crippen molar-refractivity contribution in [3.05, 3.63) is 0 Å². The number of aromatic nitrogens is 3. The van der Waals surface area contributed by atoms with Gasteiger partial charge in [0.05, 0.1) is 6.61 Å². The first kappa shape index (κ1) is 15.8. The quantitative estimate of drug-likeness (QED) is 0.752. The molecule has 1 aliphatic rings. The van der Waals surface area contributed by atoms with Crippen molar-refractivity contribution in [3.63, 3.8) is 0 Å². The molecule has 0 saturated heterocycles. The van der Waals surface area contributed by atoms with Crippen molar-refractivity contribution in [2.75, 3.05) is 23.8 Å². The fourth-order valence-electron chi connectivity index (χ4n) is 2.52. The van der Waals surface area contributed by atoms with E-state index in [1.54, 1.807) is 0 Å². The fraction of sp³-hybridized carbons (Fsp3) is 0.800. The molecular formula is C15H27N5O. The third kappa shape index (κ3) is 5.36. The molecule has 0 atom stereocenters. The van der Waals surface area contributed by atoms with Gasteiger partial charge in [-0.05, 0) is 26.2 Å². The maximum atomic E-state index is 5.55. The van der Waals surface area contributed by atoms with Crippen LogP contribution in [-0.2, 0) is 0 Å². The fourth-order valence-corrected chi connectivity index (χ4v) is 2.52. The van der Waals surface area contributed by atoms with E-state index in [1.807, 2.05) is 6.92 Å². The van der Waals surface area contributed by atoms with Crippen molar-refractivity contribution in [3.8, 4) is 6.01 Å². The summed E-state index contributed by atoms with van der Waals surface area (Å²) in [4.78, 5) is 13.1. The molecule has 1 saturated carbocycles. The van der Waals surface area contributed by atoms with Crippen molar-refractivity contribution in [2.24, 2.45) is 0 Å². The smallest absolute Gasteiger partial charge is 0.323 e. The largest absolute Gasteiger partial charge is 0.463 e. The van der Waals surface area contributed by atoms with Gasteiger partial charge in [0.2, 0.25) is 11.9 Å². The Kier molecular flexibility index (Phi) is 6.50. The van der Waals surface area contributed by atoms with Crippen LogP contribution in [0.1, 0.15) is 58.8 Å². The molecule has 0 spiro atoms. The van der Waals surface area contributed by atoms with Crippen LogP contribution in [0.2, 0.25) is 0 Å². The van der Waals surface area contributed by atoms with E-state index in [1.165, 1.54) is 38.5 Å². The number of nitrogens with one attached hydrogen (secondary N) is 2. The number of hydrogen-bond acceptors (Lipinski definition) is 6. The molecule has 0 unspecified atom stereocenters. The summed E-state index contributed by atoms with van der Waals surface area (Å²) in [7, 11) is 0. The maximum Gasteiger partial charge on any atom is 0.323 e. The van der Waals surface area contributed by atoms with Gasteiger partial charge in [0.1, 0.15) is 0 Å². The Labute approximate surface area is 127 Å². The van der Waals surface area contributed by atoms with Crippen molar-refractivity contribution in [2.45, 2.75) is 64.8 Å². The lowest BCUT2D eigenvalue weighted by atomic mass is 10.1. The molecule has 118 valence electrons. The van der Waals surface area contributed by atoms with Crippen molar-refractivity contribution in [1.82, 2.24) is 15.0 Å². The third-order valence-corrected chi connectivity index (χ3v) is 3.57. The number of anilines is 2. The highest BCUT2D eigenvalue weighted by atomic mass is 16.5. The van der Waals surface area contributed by atoms with Crippen LogP contribution >= 0.6 is 0 Å². The molecular weight excluding hydrogens is 266 g/mol. The minimum Gasteiger partial charge on any atom is -0.463 e. The van der Waals surface area contributed by atoms with Crippen molar-refractivity contribution < 1.29 is 4.74 Å². The summed E-state index contributed by atoms with van der Waals surface area (Å²) in [6.07, 6.45) is 8.55. The van der Waals surface area contributed by atoms with Crippen molar-refractivity contribution >= 4 is 11.9 Å². The number of hydrogen-bond donors (Lipinski definition) is 2. The predicted molar refractivity (Wildman–Crippen MR) is 84.9 cm³/mol. The van der Waals surface area contributed by atoms with E-state index >= 15 is 0 Å². The molecule has 1 heterocycles. The van der Waals surface area contributed by atoms with E-state index in [0.29, 0.717) is 30.6 Å². The van der Waals surface area contributed by atoms with Gasteiger partial charge in [0.25, 0.3) is 0 Å². The van der Waals surface area contributed by atoms with Crippen LogP contribution in [0.3, 0.4) is 0 Å². The van der Waals surface area contributed by atoms with Gasteiger partial charge in [0, 0.05) is 12.6 Å². The van der Waals surface area contributed by atoms with Gasteiger partial charge in [-0.2, -0.15) is 15.0 Å². The summed E-state index contributed by atoms with van der Waals surface area (Å²) in [5, 5.41) is 6.59. The topological polar surface area (TPSA) is 72.0 Å². The van der Waals surface area contributed by atoms with Gasteiger partial charge in [-0.3, -0.25) is 0 Å². The highest BCUT2D eigenvalue weighted by Gasteiger charge is 2.15. The summed E-state index contributed by atoms with van der Waals surface area (Å²) >= 11 is 0. The summed E-state index contributed by atoms with van der Waals surface area (Å²) < 4.78 is 5.55. The minimum atomic E-state index is 0.402. The zero-order valence-electron chi connectivity index (χ0n) is 13.2. The third-order valence-electron chi connectivity index (χ3n) is 3.57. The number of nitrogens with zero attached hydrogens (tertiary/aromatic N) is 3. The zero-order chi connectivity index (χ0) is 14.9. The molecule has 2 N–H and O–H groups in total. The van der Waals surface area contributed by atoms with Crippen LogP contribution in [0.5, 0.6) is 6.01 Å². The van der Waals surface area contributed by atoms with Gasteiger partial charge in [-0.1, -0.05) is 32.6 Å². The van der Waals surface area contributed by atoms with E-state index in [-0.39, 0.29) is 0 Å². The molecule has 0 bridgehead atoms. The second kappa shape index (κ2) is 8.64. The molecule has 2 rings (SSSR count). The molecule has 1 aliphatic carbocycles. The molecule has 0 aromatic carbocycles. The lowest BCUT2D eigenvalue weighted by Gasteiger charge is -2.17. The van der Waals surface area contributed by atoms with Gasteiger partial charge >= 0.3 is 6.01 Å². The van der Waals surface area contributed by atoms with Crippen LogP contribution in [0, 0.1) is 0 Å². The van der Waals surface area contributed by atoms with Crippen LogP contribution in [0.4, 0.5) is 11.9 Å². The number of rotatable bonds is 7. The Bertz CT molecular complexity index is 419. The standard InChI is InChI=1S/C15H27N5O/c1-3-11-21-15-19-13(16-4-2)18-14(20-15)17-12-9-7-5-6-8-10-12/h12H,3-11H2,1-2H3,(H2,16,17,18,19,20). The van der Waals surface area contributed by atoms with Crippen LogP contribution in [-0.4, -0.2) is 34.1 Å². The molecule has 0 amide bonds. The maximum absolute atomic E-state index is 5.55. The number of ether oxygens (including phenoxy) is 1. The lowest BCUT2D eigenvalue weighted by Crippen LogP contribution is -2.21. The van der Waals surface area contributed by atoms with Gasteiger partial charge in [0.15, 0.2) is 0 Å². The van der Waals surface area contributed by atoms with Crippen LogP contribution in [0.15, 0.2) is 0 Å². The van der Waals surface area contributed by atoms with E-state index in [4.69, 9.17) is 4.74 Å². The predicted octanol–water partition coefficient (Wildman–Crippen LogP) is 3.23. The minimum absolute atomic E-state index is 0.402. The monoisotopic (exact) mass is 293 g/mol.